The third kappa shape index (κ3) is 4.27. The summed E-state index contributed by atoms with van der Waals surface area (Å²) < 4.78 is 0. The lowest BCUT2D eigenvalue weighted by Crippen LogP contribution is -2.46. The Kier molecular flexibility index (Phi) is 5.93. The normalized spacial score (nSPS) is 14.9. The maximum absolute atomic E-state index is 13.2. The number of carbonyl (C=O) groups excluding carboxylic acids is 1. The fourth-order valence-corrected chi connectivity index (χ4v) is 4.17. The largest absolute Gasteiger partial charge is 0.367 e. The molecule has 4 rings (SSSR count). The molecular formula is C24H27ClN4O. The van der Waals surface area contributed by atoms with Gasteiger partial charge in [-0.25, -0.2) is 0 Å². The molecule has 0 spiro atoms. The number of hydrogen-bond acceptors (Lipinski definition) is 4. The highest BCUT2D eigenvalue weighted by molar-refractivity contribution is 6.31. The second-order valence-corrected chi connectivity index (χ2v) is 8.29. The minimum Gasteiger partial charge on any atom is -0.367 e. The van der Waals surface area contributed by atoms with Gasteiger partial charge in [0.15, 0.2) is 0 Å². The first-order valence-electron chi connectivity index (χ1n) is 10.4. The van der Waals surface area contributed by atoms with Crippen LogP contribution in [-0.2, 0) is 0 Å². The number of amides is 1. The Balaban J connectivity index is 1.63. The van der Waals surface area contributed by atoms with E-state index in [9.17, 15) is 4.79 Å². The monoisotopic (exact) mass is 422 g/mol. The maximum atomic E-state index is 13.2. The highest BCUT2D eigenvalue weighted by atomic mass is 35.5. The molecule has 1 fully saturated rings. The quantitative estimate of drug-likeness (QED) is 0.649. The van der Waals surface area contributed by atoms with Gasteiger partial charge >= 0.3 is 0 Å². The number of aryl methyl sites for hydroxylation is 2. The Labute approximate surface area is 182 Å². The summed E-state index contributed by atoms with van der Waals surface area (Å²) in [5.41, 5.74) is 5.07. The lowest BCUT2D eigenvalue weighted by Gasteiger charge is -2.36. The molecule has 1 saturated heterocycles. The first kappa shape index (κ1) is 20.6. The molecule has 1 amide bonds. The molecule has 0 saturated carbocycles. The molecule has 30 heavy (non-hydrogen) atoms. The van der Waals surface area contributed by atoms with E-state index in [0.29, 0.717) is 16.3 Å². The van der Waals surface area contributed by atoms with Crippen molar-refractivity contribution in [2.45, 2.75) is 20.8 Å². The van der Waals surface area contributed by atoms with E-state index in [1.807, 2.05) is 50.2 Å². The summed E-state index contributed by atoms with van der Waals surface area (Å²) in [6.45, 7) is 11.0. The van der Waals surface area contributed by atoms with Gasteiger partial charge in [-0.2, -0.15) is 0 Å². The van der Waals surface area contributed by atoms with E-state index in [4.69, 9.17) is 11.6 Å². The Morgan fingerprint density at radius 2 is 1.83 bits per heavy atom. The van der Waals surface area contributed by atoms with E-state index in [1.54, 1.807) is 0 Å². The van der Waals surface area contributed by atoms with E-state index < -0.39 is 0 Å². The van der Waals surface area contributed by atoms with E-state index in [0.717, 1.165) is 60.6 Å². The Morgan fingerprint density at radius 1 is 1.07 bits per heavy atom. The van der Waals surface area contributed by atoms with Crippen LogP contribution in [0.3, 0.4) is 0 Å². The molecule has 6 heteroatoms. The molecule has 1 aromatic heterocycles. The second kappa shape index (κ2) is 8.62. The van der Waals surface area contributed by atoms with Crippen LogP contribution in [0.5, 0.6) is 0 Å². The van der Waals surface area contributed by atoms with Crippen molar-refractivity contribution in [3.05, 3.63) is 64.3 Å². The topological polar surface area (TPSA) is 48.5 Å². The fourth-order valence-electron chi connectivity index (χ4n) is 4.00. The molecule has 0 bridgehead atoms. The average Bonchev–Trinajstić information content (AvgIpc) is 2.74. The zero-order valence-corrected chi connectivity index (χ0v) is 18.5. The number of benzene rings is 2. The van der Waals surface area contributed by atoms with Crippen molar-refractivity contribution in [1.29, 1.82) is 0 Å². The number of likely N-dealkylation sites (N-methyl/N-ethyl adjacent to an activating group) is 1. The van der Waals surface area contributed by atoms with Crippen LogP contribution in [0.15, 0.2) is 42.5 Å². The molecule has 0 aliphatic carbocycles. The molecular weight excluding hydrogens is 396 g/mol. The van der Waals surface area contributed by atoms with Crippen molar-refractivity contribution in [2.75, 3.05) is 42.9 Å². The van der Waals surface area contributed by atoms with Crippen LogP contribution in [0.25, 0.3) is 10.9 Å². The smallest absolute Gasteiger partial charge is 0.257 e. The third-order valence-corrected chi connectivity index (χ3v) is 6.01. The fraction of sp³-hybridized carbons (Fsp3) is 0.333. The van der Waals surface area contributed by atoms with Crippen LogP contribution < -0.4 is 10.2 Å². The maximum Gasteiger partial charge on any atom is 0.257 e. The second-order valence-electron chi connectivity index (χ2n) is 7.85. The number of piperazine rings is 1. The van der Waals surface area contributed by atoms with Crippen molar-refractivity contribution in [3.8, 4) is 0 Å². The SMILES string of the molecule is CCN1CCN(c2ccc(Cl)cc2NC(=O)c2cc3cc(C)ccc3nc2C)CC1. The van der Waals surface area contributed by atoms with Gasteiger partial charge in [0.05, 0.1) is 28.1 Å². The van der Waals surface area contributed by atoms with Crippen molar-refractivity contribution < 1.29 is 4.79 Å². The highest BCUT2D eigenvalue weighted by Crippen LogP contribution is 2.31. The number of pyridine rings is 1. The number of rotatable bonds is 4. The first-order chi connectivity index (χ1) is 14.4. The predicted molar refractivity (Wildman–Crippen MR) is 125 cm³/mol. The molecule has 0 unspecified atom stereocenters. The van der Waals surface area contributed by atoms with E-state index >= 15 is 0 Å². The number of nitrogens with zero attached hydrogens (tertiary/aromatic N) is 3. The molecule has 3 aromatic rings. The average molecular weight is 423 g/mol. The van der Waals surface area contributed by atoms with Crippen LogP contribution in [0.4, 0.5) is 11.4 Å². The van der Waals surface area contributed by atoms with Gasteiger partial charge in [-0.1, -0.05) is 30.2 Å². The molecule has 1 aliphatic rings. The Morgan fingerprint density at radius 3 is 2.57 bits per heavy atom. The summed E-state index contributed by atoms with van der Waals surface area (Å²) in [6.07, 6.45) is 0. The summed E-state index contributed by atoms with van der Waals surface area (Å²) in [4.78, 5) is 22.6. The number of fused-ring (bicyclic) bond motifs is 1. The van der Waals surface area contributed by atoms with E-state index in [1.165, 1.54) is 0 Å². The van der Waals surface area contributed by atoms with Crippen molar-refractivity contribution in [2.24, 2.45) is 0 Å². The third-order valence-electron chi connectivity index (χ3n) is 5.77. The summed E-state index contributed by atoms with van der Waals surface area (Å²) >= 11 is 6.27. The molecule has 2 aromatic carbocycles. The molecule has 5 nitrogen and oxygen atoms in total. The molecule has 156 valence electrons. The Bertz CT molecular complexity index is 1090. The molecule has 1 N–H and O–H groups in total. The van der Waals surface area contributed by atoms with Crippen LogP contribution in [0.1, 0.15) is 28.5 Å². The van der Waals surface area contributed by atoms with Crippen molar-refractivity contribution in [3.63, 3.8) is 0 Å². The number of carbonyl (C=O) groups is 1. The predicted octanol–water partition coefficient (Wildman–Crippen LogP) is 4.90. The Hall–Kier alpha value is -2.63. The number of hydrogen-bond donors (Lipinski definition) is 1. The standard InChI is InChI=1S/C24H27ClN4O/c1-4-28-9-11-29(12-10-28)23-8-6-19(25)15-22(23)27-24(30)20-14-18-13-16(2)5-7-21(18)26-17(20)3/h5-8,13-15H,4,9-12H2,1-3H3,(H,27,30). The first-order valence-corrected chi connectivity index (χ1v) is 10.8. The van der Waals surface area contributed by atoms with Gasteiger partial charge in [0.1, 0.15) is 0 Å². The minimum atomic E-state index is -0.167. The number of aromatic nitrogens is 1. The number of halogens is 1. The highest BCUT2D eigenvalue weighted by Gasteiger charge is 2.20. The van der Waals surface area contributed by atoms with Gasteiger partial charge in [0.25, 0.3) is 5.91 Å². The summed E-state index contributed by atoms with van der Waals surface area (Å²) in [5.74, 6) is -0.167. The molecule has 0 atom stereocenters. The van der Waals surface area contributed by atoms with Crippen molar-refractivity contribution >= 4 is 39.8 Å². The van der Waals surface area contributed by atoms with Gasteiger partial charge in [0, 0.05) is 36.6 Å². The summed E-state index contributed by atoms with van der Waals surface area (Å²) in [7, 11) is 0. The summed E-state index contributed by atoms with van der Waals surface area (Å²) in [6, 6.07) is 13.7. The minimum absolute atomic E-state index is 0.167. The van der Waals surface area contributed by atoms with E-state index in [-0.39, 0.29) is 5.91 Å². The lowest BCUT2D eigenvalue weighted by atomic mass is 10.1. The number of nitrogens with one attached hydrogen (secondary N) is 1. The number of anilines is 2. The summed E-state index contributed by atoms with van der Waals surface area (Å²) in [5, 5.41) is 4.66. The lowest BCUT2D eigenvalue weighted by molar-refractivity contribution is 0.102. The van der Waals surface area contributed by atoms with Gasteiger partial charge < -0.3 is 15.1 Å². The zero-order valence-electron chi connectivity index (χ0n) is 17.7. The zero-order chi connectivity index (χ0) is 21.3. The van der Waals surface area contributed by atoms with Gasteiger partial charge in [-0.3, -0.25) is 9.78 Å². The van der Waals surface area contributed by atoms with Crippen LogP contribution in [0.2, 0.25) is 5.02 Å². The van der Waals surface area contributed by atoms with Crippen molar-refractivity contribution in [1.82, 2.24) is 9.88 Å². The molecule has 0 radical (unpaired) electrons. The molecule has 2 heterocycles. The van der Waals surface area contributed by atoms with Gasteiger partial charge in [-0.15, -0.1) is 0 Å². The van der Waals surface area contributed by atoms with Gasteiger partial charge in [-0.05, 0) is 56.8 Å². The molecule has 1 aliphatic heterocycles. The van der Waals surface area contributed by atoms with Crippen LogP contribution >= 0.6 is 11.6 Å². The van der Waals surface area contributed by atoms with Gasteiger partial charge in [0.2, 0.25) is 0 Å². The van der Waals surface area contributed by atoms with Crippen LogP contribution in [0, 0.1) is 13.8 Å². The van der Waals surface area contributed by atoms with Crippen LogP contribution in [-0.4, -0.2) is 48.5 Å². The van der Waals surface area contributed by atoms with E-state index in [2.05, 4.69) is 33.1 Å².